The molecule has 2 aliphatic carbocycles. The van der Waals surface area contributed by atoms with Crippen molar-refractivity contribution in [1.29, 1.82) is 0 Å². The zero-order valence-electron chi connectivity index (χ0n) is 24.4. The fourth-order valence-corrected chi connectivity index (χ4v) is 28.7. The Morgan fingerprint density at radius 1 is 0.625 bits per heavy atom. The van der Waals surface area contributed by atoms with E-state index in [2.05, 4.69) is 120 Å². The number of aryl methyl sites for hydroxylation is 2. The number of hydrogen-bond donors (Lipinski definition) is 0. The Balaban J connectivity index is 1.34. The van der Waals surface area contributed by atoms with Crippen molar-refractivity contribution < 1.29 is 20.0 Å². The van der Waals surface area contributed by atoms with Gasteiger partial charge >= 0.3 is 249 Å². The second-order valence-corrected chi connectivity index (χ2v) is 33.3. The molecule has 0 bridgehead atoms. The molecule has 0 aromatic heterocycles. The average Bonchev–Trinajstić information content (AvgIpc) is 3.50. The van der Waals surface area contributed by atoms with Crippen molar-refractivity contribution in [3.8, 4) is 22.3 Å². The van der Waals surface area contributed by atoms with Crippen LogP contribution in [0.5, 0.6) is 0 Å². The van der Waals surface area contributed by atoms with Crippen LogP contribution in [-0.2, 0) is 20.0 Å². The summed E-state index contributed by atoms with van der Waals surface area (Å²) in [5.74, 6) is 0.617. The van der Waals surface area contributed by atoms with Gasteiger partial charge in [-0.15, -0.1) is 0 Å². The molecular formula is C38H40HfSi. The number of fused-ring (bicyclic) bond motifs is 6. The van der Waals surface area contributed by atoms with E-state index in [9.17, 15) is 0 Å². The second kappa shape index (κ2) is 10.4. The molecule has 4 aromatic carbocycles. The Labute approximate surface area is 247 Å². The molecule has 0 radical (unpaired) electrons. The van der Waals surface area contributed by atoms with Crippen molar-refractivity contribution >= 4 is 21.7 Å². The van der Waals surface area contributed by atoms with Crippen LogP contribution in [0.2, 0.25) is 13.5 Å². The van der Waals surface area contributed by atoms with E-state index in [4.69, 9.17) is 0 Å². The Hall–Kier alpha value is -2.55. The molecule has 0 N–H and O–H groups in total. The van der Waals surface area contributed by atoms with Crippen LogP contribution in [0.4, 0.5) is 0 Å². The van der Waals surface area contributed by atoms with Gasteiger partial charge in [-0.05, 0) is 0 Å². The molecule has 2 unspecified atom stereocenters. The van der Waals surface area contributed by atoms with Gasteiger partial charge in [-0.1, -0.05) is 0 Å². The van der Waals surface area contributed by atoms with E-state index in [1.807, 2.05) is 5.20 Å². The van der Waals surface area contributed by atoms with Gasteiger partial charge in [0.1, 0.15) is 0 Å². The van der Waals surface area contributed by atoms with Crippen molar-refractivity contribution in [3.05, 3.63) is 129 Å². The quantitative estimate of drug-likeness (QED) is 0.183. The summed E-state index contributed by atoms with van der Waals surface area (Å²) in [6, 6.07) is 32.6. The van der Waals surface area contributed by atoms with Crippen LogP contribution in [0.25, 0.3) is 34.4 Å². The van der Waals surface area contributed by atoms with Crippen molar-refractivity contribution in [3.63, 3.8) is 0 Å². The van der Waals surface area contributed by atoms with Crippen LogP contribution < -0.4 is 0 Å². The van der Waals surface area contributed by atoms with E-state index in [-0.39, 0.29) is 0 Å². The van der Waals surface area contributed by atoms with Crippen LogP contribution >= 0.6 is 0 Å². The zero-order valence-corrected chi connectivity index (χ0v) is 29.4. The summed E-state index contributed by atoms with van der Waals surface area (Å²) in [5.41, 5.74) is 14.6. The predicted octanol–water partition coefficient (Wildman–Crippen LogP) is 10.2. The van der Waals surface area contributed by atoms with Crippen molar-refractivity contribution in [2.45, 2.75) is 56.2 Å². The molecule has 1 heterocycles. The average molecular weight is 703 g/mol. The number of rotatable bonds is 2. The normalized spacial score (nSPS) is 21.6. The third-order valence-corrected chi connectivity index (χ3v) is 27.5. The van der Waals surface area contributed by atoms with Crippen LogP contribution in [0.15, 0.2) is 95.3 Å². The second-order valence-electron chi connectivity index (χ2n) is 13.2. The predicted molar refractivity (Wildman–Crippen MR) is 174 cm³/mol. The molecule has 2 heteroatoms. The Bertz CT molecular complexity index is 1650. The van der Waals surface area contributed by atoms with Crippen LogP contribution in [0, 0.1) is 13.8 Å². The van der Waals surface area contributed by atoms with Gasteiger partial charge in [0.15, 0.2) is 0 Å². The Kier molecular flexibility index (Phi) is 6.83. The Morgan fingerprint density at radius 3 is 1.80 bits per heavy atom. The van der Waals surface area contributed by atoms with E-state index >= 15 is 0 Å². The number of benzene rings is 4. The zero-order chi connectivity index (χ0) is 27.4. The number of allylic oxidation sites excluding steroid dienone is 2. The fraction of sp³-hybridized carbons (Fsp3) is 0.263. The molecule has 0 amide bonds. The van der Waals surface area contributed by atoms with Gasteiger partial charge in [0.05, 0.1) is 0 Å². The van der Waals surface area contributed by atoms with E-state index in [0.29, 0.717) is 5.92 Å². The van der Waals surface area contributed by atoms with E-state index in [0.717, 1.165) is 3.67 Å². The molecule has 1 aliphatic heterocycles. The molecule has 7 rings (SSSR count). The maximum atomic E-state index is 2.76. The van der Waals surface area contributed by atoms with Gasteiger partial charge in [0.25, 0.3) is 0 Å². The molecule has 2 atom stereocenters. The maximum absolute atomic E-state index is 2.76. The summed E-state index contributed by atoms with van der Waals surface area (Å²) in [6.07, 6.45) is 9.47. The molecule has 0 nitrogen and oxygen atoms in total. The van der Waals surface area contributed by atoms with E-state index in [1.165, 1.54) is 62.4 Å². The first-order valence-corrected chi connectivity index (χ1v) is 28.4. The Morgan fingerprint density at radius 2 is 1.18 bits per heavy atom. The molecule has 40 heavy (non-hydrogen) atoms. The molecular weight excluding hydrogens is 663 g/mol. The molecule has 1 fully saturated rings. The van der Waals surface area contributed by atoms with Crippen molar-refractivity contribution in [1.82, 2.24) is 0 Å². The third kappa shape index (κ3) is 4.62. The molecule has 0 spiro atoms. The molecule has 200 valence electrons. The summed E-state index contributed by atoms with van der Waals surface area (Å²) in [7, 11) is -0.552. The minimum absolute atomic E-state index is 0.552. The first-order chi connectivity index (χ1) is 19.4. The first kappa shape index (κ1) is 26.4. The first-order valence-electron chi connectivity index (χ1n) is 15.2. The monoisotopic (exact) mass is 704 g/mol. The fourth-order valence-electron chi connectivity index (χ4n) is 7.87. The standard InChI is InChI=1S/C36H34Si.2CH3.Hf/c1-4-5-9-33-32-12-7-11-31(27-19-15-25(3)16-20-27)35(32)23-36(33)37-29-21-28-8-6-10-30(34(28)22-29)26-17-13-24(2)14-18-26;;;/h6-8,10-23,33H,1,4-5,9,37H2,2-3H3;2*1H3;. The molecule has 3 aliphatic rings. The van der Waals surface area contributed by atoms with Gasteiger partial charge in [-0.2, -0.15) is 0 Å². The van der Waals surface area contributed by atoms with Gasteiger partial charge in [-0.25, -0.2) is 0 Å². The summed E-state index contributed by atoms with van der Waals surface area (Å²) in [6.45, 7) is 4.37. The van der Waals surface area contributed by atoms with E-state index in [1.54, 1.807) is 21.9 Å². The summed E-state index contributed by atoms with van der Waals surface area (Å²) < 4.78 is 7.79. The SMILES string of the molecule is Cc1ccc(-c2cccc3c2C=C2[SiH2]C4=Cc5c(-c6ccc(C)cc6)cccc5[CH]4[Hf]([CH3])([CH3])[CH2]CCCC23)cc1. The number of hydrogen-bond acceptors (Lipinski definition) is 0. The van der Waals surface area contributed by atoms with Crippen molar-refractivity contribution in [2.75, 3.05) is 0 Å². The van der Waals surface area contributed by atoms with Crippen LogP contribution in [-0.4, -0.2) is 9.52 Å². The van der Waals surface area contributed by atoms with Gasteiger partial charge in [0, 0.05) is 0 Å². The summed E-state index contributed by atoms with van der Waals surface area (Å²) in [4.78, 5) is 0. The summed E-state index contributed by atoms with van der Waals surface area (Å²) in [5, 5.41) is 3.64. The van der Waals surface area contributed by atoms with Gasteiger partial charge < -0.3 is 0 Å². The van der Waals surface area contributed by atoms with Crippen LogP contribution in [0.3, 0.4) is 0 Å². The van der Waals surface area contributed by atoms with E-state index < -0.39 is 29.5 Å². The summed E-state index contributed by atoms with van der Waals surface area (Å²) >= 11 is -2.55. The van der Waals surface area contributed by atoms with Crippen molar-refractivity contribution in [2.24, 2.45) is 0 Å². The third-order valence-electron chi connectivity index (χ3n) is 9.92. The molecule has 4 aromatic rings. The molecule has 0 saturated carbocycles. The topological polar surface area (TPSA) is 0 Å². The minimum atomic E-state index is -2.55. The molecule has 1 saturated heterocycles. The van der Waals surface area contributed by atoms with Gasteiger partial charge in [-0.3, -0.25) is 0 Å². The van der Waals surface area contributed by atoms with Crippen LogP contribution in [0.1, 0.15) is 62.2 Å². The van der Waals surface area contributed by atoms with Gasteiger partial charge in [0.2, 0.25) is 0 Å².